The minimum Gasteiger partial charge on any atom is -0.384 e. The van der Waals surface area contributed by atoms with E-state index in [1.54, 1.807) is 7.11 Å². The first-order chi connectivity index (χ1) is 9.16. The van der Waals surface area contributed by atoms with Gasteiger partial charge in [0.1, 0.15) is 0 Å². The van der Waals surface area contributed by atoms with E-state index >= 15 is 0 Å². The van der Waals surface area contributed by atoms with Gasteiger partial charge in [-0.2, -0.15) is 0 Å². The summed E-state index contributed by atoms with van der Waals surface area (Å²) < 4.78 is 5.25. The Balaban J connectivity index is 1.93. The molecule has 2 amide bonds. The predicted molar refractivity (Wildman–Crippen MR) is 70.6 cm³/mol. The molecule has 0 saturated carbocycles. The summed E-state index contributed by atoms with van der Waals surface area (Å²) in [5.74, 6) is 0.135. The Hall–Kier alpha value is -1.14. The summed E-state index contributed by atoms with van der Waals surface area (Å²) in [5.41, 5.74) is -0.415. The SMILES string of the molecule is COCC1(C(=O)NC2CCC(=O)NC2)CCNCC1. The van der Waals surface area contributed by atoms with Gasteiger partial charge < -0.3 is 20.7 Å². The van der Waals surface area contributed by atoms with Crippen LogP contribution in [0.1, 0.15) is 25.7 Å². The van der Waals surface area contributed by atoms with Gasteiger partial charge in [0, 0.05) is 26.1 Å². The number of carbonyl (C=O) groups excluding carboxylic acids is 2. The lowest BCUT2D eigenvalue weighted by molar-refractivity contribution is -0.137. The molecule has 3 N–H and O–H groups in total. The summed E-state index contributed by atoms with van der Waals surface area (Å²) in [7, 11) is 1.64. The van der Waals surface area contributed by atoms with Crippen LogP contribution in [0.5, 0.6) is 0 Å². The van der Waals surface area contributed by atoms with Crippen molar-refractivity contribution in [2.24, 2.45) is 5.41 Å². The molecule has 2 aliphatic rings. The monoisotopic (exact) mass is 269 g/mol. The van der Waals surface area contributed by atoms with E-state index in [1.165, 1.54) is 0 Å². The molecular weight excluding hydrogens is 246 g/mol. The fourth-order valence-corrected chi connectivity index (χ4v) is 2.81. The fraction of sp³-hybridized carbons (Fsp3) is 0.846. The molecule has 1 atom stereocenters. The lowest BCUT2D eigenvalue weighted by atomic mass is 9.78. The molecule has 0 spiro atoms. The Morgan fingerprint density at radius 2 is 2.21 bits per heavy atom. The number of nitrogens with one attached hydrogen (secondary N) is 3. The lowest BCUT2D eigenvalue weighted by Crippen LogP contribution is -2.55. The maximum Gasteiger partial charge on any atom is 0.228 e. The van der Waals surface area contributed by atoms with Crippen molar-refractivity contribution in [3.05, 3.63) is 0 Å². The molecule has 0 aromatic rings. The van der Waals surface area contributed by atoms with Gasteiger partial charge in [0.25, 0.3) is 0 Å². The van der Waals surface area contributed by atoms with Gasteiger partial charge in [-0.25, -0.2) is 0 Å². The highest BCUT2D eigenvalue weighted by molar-refractivity contribution is 5.84. The molecule has 6 heteroatoms. The second kappa shape index (κ2) is 6.34. The Bertz CT molecular complexity index is 325. The number of ether oxygens (including phenoxy) is 1. The van der Waals surface area contributed by atoms with Crippen LogP contribution in [0.25, 0.3) is 0 Å². The highest BCUT2D eigenvalue weighted by Gasteiger charge is 2.40. The minimum atomic E-state index is -0.415. The smallest absolute Gasteiger partial charge is 0.228 e. The van der Waals surface area contributed by atoms with Crippen LogP contribution >= 0.6 is 0 Å². The summed E-state index contributed by atoms with van der Waals surface area (Å²) in [4.78, 5) is 23.6. The van der Waals surface area contributed by atoms with Crippen LogP contribution in [0.2, 0.25) is 0 Å². The van der Waals surface area contributed by atoms with Gasteiger partial charge in [-0.05, 0) is 32.4 Å². The maximum absolute atomic E-state index is 12.5. The number of amides is 2. The van der Waals surface area contributed by atoms with Gasteiger partial charge in [0.2, 0.25) is 11.8 Å². The normalized spacial score (nSPS) is 26.6. The molecule has 19 heavy (non-hydrogen) atoms. The summed E-state index contributed by atoms with van der Waals surface area (Å²) in [6.45, 7) is 2.68. The Morgan fingerprint density at radius 3 is 2.79 bits per heavy atom. The Morgan fingerprint density at radius 1 is 1.47 bits per heavy atom. The van der Waals surface area contributed by atoms with E-state index < -0.39 is 5.41 Å². The molecule has 0 aromatic heterocycles. The van der Waals surface area contributed by atoms with Gasteiger partial charge in [0.05, 0.1) is 12.0 Å². The van der Waals surface area contributed by atoms with Gasteiger partial charge in [-0.1, -0.05) is 0 Å². The average molecular weight is 269 g/mol. The molecule has 108 valence electrons. The Labute approximate surface area is 113 Å². The first-order valence-electron chi connectivity index (χ1n) is 6.94. The Kier molecular flexibility index (Phi) is 4.76. The highest BCUT2D eigenvalue weighted by atomic mass is 16.5. The van der Waals surface area contributed by atoms with E-state index in [4.69, 9.17) is 4.74 Å². The third-order valence-corrected chi connectivity index (χ3v) is 4.06. The van der Waals surface area contributed by atoms with Crippen LogP contribution in [-0.2, 0) is 14.3 Å². The number of hydrogen-bond donors (Lipinski definition) is 3. The van der Waals surface area contributed by atoms with Crippen molar-refractivity contribution in [2.75, 3.05) is 33.4 Å². The van der Waals surface area contributed by atoms with Crippen LogP contribution in [0.3, 0.4) is 0 Å². The first kappa shape index (κ1) is 14.3. The van der Waals surface area contributed by atoms with E-state index in [-0.39, 0.29) is 17.9 Å². The van der Waals surface area contributed by atoms with Crippen molar-refractivity contribution in [1.82, 2.24) is 16.0 Å². The molecule has 2 aliphatic heterocycles. The molecule has 0 bridgehead atoms. The van der Waals surface area contributed by atoms with Gasteiger partial charge in [-0.15, -0.1) is 0 Å². The third kappa shape index (κ3) is 3.45. The molecule has 0 aromatic carbocycles. The zero-order chi connectivity index (χ0) is 13.7. The second-order valence-electron chi connectivity index (χ2n) is 5.48. The van der Waals surface area contributed by atoms with Crippen LogP contribution < -0.4 is 16.0 Å². The molecule has 6 nitrogen and oxygen atoms in total. The average Bonchev–Trinajstić information content (AvgIpc) is 2.43. The van der Waals surface area contributed by atoms with Gasteiger partial charge in [-0.3, -0.25) is 9.59 Å². The standard InChI is InChI=1S/C13H23N3O3/c1-19-9-13(4-6-14-7-5-13)12(18)16-10-2-3-11(17)15-8-10/h10,14H,2-9H2,1H3,(H,15,17)(H,16,18). The molecule has 0 radical (unpaired) electrons. The molecule has 1 unspecified atom stereocenters. The lowest BCUT2D eigenvalue weighted by Gasteiger charge is -2.37. The number of hydrogen-bond acceptors (Lipinski definition) is 4. The van der Waals surface area contributed by atoms with Gasteiger partial charge >= 0.3 is 0 Å². The fourth-order valence-electron chi connectivity index (χ4n) is 2.81. The van der Waals surface area contributed by atoms with Crippen LogP contribution in [0, 0.1) is 5.41 Å². The molecule has 2 rings (SSSR count). The van der Waals surface area contributed by atoms with E-state index in [2.05, 4.69) is 16.0 Å². The molecule has 2 heterocycles. The molecular formula is C13H23N3O3. The van der Waals surface area contributed by atoms with Crippen LogP contribution in [0.4, 0.5) is 0 Å². The number of carbonyl (C=O) groups is 2. The topological polar surface area (TPSA) is 79.5 Å². The van der Waals surface area contributed by atoms with Crippen molar-refractivity contribution in [3.63, 3.8) is 0 Å². The summed E-state index contributed by atoms with van der Waals surface area (Å²) in [6.07, 6.45) is 2.81. The third-order valence-electron chi connectivity index (χ3n) is 4.06. The predicted octanol–water partition coefficient (Wildman–Crippen LogP) is -0.603. The molecule has 0 aliphatic carbocycles. The van der Waals surface area contributed by atoms with E-state index in [0.717, 1.165) is 32.4 Å². The van der Waals surface area contributed by atoms with Crippen molar-refractivity contribution in [2.45, 2.75) is 31.7 Å². The molecule has 2 saturated heterocycles. The second-order valence-corrected chi connectivity index (χ2v) is 5.48. The summed E-state index contributed by atoms with van der Waals surface area (Å²) in [5, 5.41) is 9.13. The maximum atomic E-state index is 12.5. The quantitative estimate of drug-likeness (QED) is 0.636. The molecule has 2 fully saturated rings. The zero-order valence-corrected chi connectivity index (χ0v) is 11.5. The largest absolute Gasteiger partial charge is 0.384 e. The zero-order valence-electron chi connectivity index (χ0n) is 11.5. The number of piperidine rings is 2. The number of methoxy groups -OCH3 is 1. The minimum absolute atomic E-state index is 0.0498. The summed E-state index contributed by atoms with van der Waals surface area (Å²) >= 11 is 0. The van der Waals surface area contributed by atoms with Crippen molar-refractivity contribution in [1.29, 1.82) is 0 Å². The van der Waals surface area contributed by atoms with E-state index in [9.17, 15) is 9.59 Å². The van der Waals surface area contributed by atoms with Crippen LogP contribution in [-0.4, -0.2) is 51.2 Å². The van der Waals surface area contributed by atoms with Crippen molar-refractivity contribution >= 4 is 11.8 Å². The van der Waals surface area contributed by atoms with E-state index in [1.807, 2.05) is 0 Å². The highest BCUT2D eigenvalue weighted by Crippen LogP contribution is 2.29. The number of rotatable bonds is 4. The van der Waals surface area contributed by atoms with Gasteiger partial charge in [0.15, 0.2) is 0 Å². The van der Waals surface area contributed by atoms with Crippen molar-refractivity contribution < 1.29 is 14.3 Å². The van der Waals surface area contributed by atoms with Crippen LogP contribution in [0.15, 0.2) is 0 Å². The van der Waals surface area contributed by atoms with E-state index in [0.29, 0.717) is 19.6 Å². The first-order valence-corrected chi connectivity index (χ1v) is 6.94. The van der Waals surface area contributed by atoms with Crippen molar-refractivity contribution in [3.8, 4) is 0 Å². The summed E-state index contributed by atoms with van der Waals surface area (Å²) in [6, 6.07) is 0.0498.